The monoisotopic (exact) mass is 1340 g/mol. The standard InChI is InChI=1S/C48H81N3O38S/c1-11-24(58)32(66)35(69)45(79-11)89-41-40(88-47-37(71)34(68)26(60)16(6-53)82-47)29(63)19(9-77-44-22(50-13(3)56)31(65)38(17(7-54)83-44)86-46-36(70)33(67)25(59)15(5-52)81-46)85-48(41)87-39-23(51-14(4)57)42(72)80-18(28(39)62)8-76-43-21(49-12(2)55)30(64)27(61)20(84-43)10-78-90(73,74)75/h11,15-48,52-54,58-72H,5-10H2,1-4H3,(H,49,55)(H,50,56)(H,51,57)(H,73,74,75)/t11-,15+,16+,17+,18+,19+,20+,21+,22+,23+,24+,25-,26-,27+,28-,29-,30+,31+,32+,33-,34-,35-,36+,37+,38+,39+,40-,41+,42?,43+,44+,45-,46-,47-,48-/m0/s1. The Morgan fingerprint density at radius 2 is 0.733 bits per heavy atom. The molecule has 0 saturated carbocycles. The number of hydrogen-bond acceptors (Lipinski definition) is 37. The van der Waals surface area contributed by atoms with Crippen molar-refractivity contribution in [1.82, 2.24) is 16.0 Å². The van der Waals surface area contributed by atoms with E-state index in [-0.39, 0.29) is 0 Å². The number of carbonyl (C=O) groups excluding carboxylic acids is 3. The van der Waals surface area contributed by atoms with Crippen molar-refractivity contribution >= 4 is 28.1 Å². The van der Waals surface area contributed by atoms with E-state index in [2.05, 4.69) is 20.1 Å². The van der Waals surface area contributed by atoms with Gasteiger partial charge in [-0.1, -0.05) is 0 Å². The molecule has 22 N–H and O–H groups in total. The molecule has 0 bridgehead atoms. The van der Waals surface area contributed by atoms with Gasteiger partial charge in [-0.2, -0.15) is 8.42 Å². The molecule has 0 spiro atoms. The highest BCUT2D eigenvalue weighted by Gasteiger charge is 2.59. The van der Waals surface area contributed by atoms with Crippen molar-refractivity contribution in [3.8, 4) is 0 Å². The van der Waals surface area contributed by atoms with Crippen LogP contribution in [0.4, 0.5) is 0 Å². The second-order valence-corrected chi connectivity index (χ2v) is 23.5. The van der Waals surface area contributed by atoms with Gasteiger partial charge in [0.2, 0.25) is 17.7 Å². The van der Waals surface area contributed by atoms with Gasteiger partial charge in [-0.05, 0) is 6.92 Å². The fraction of sp³-hybridized carbons (Fsp3) is 0.938. The molecule has 41 nitrogen and oxygen atoms in total. The van der Waals surface area contributed by atoms with Crippen LogP contribution in [0, 0.1) is 0 Å². The Morgan fingerprint density at radius 1 is 0.367 bits per heavy atom. The Kier molecular flexibility index (Phi) is 26.2. The molecule has 7 aliphatic rings. The summed E-state index contributed by atoms with van der Waals surface area (Å²) in [5.41, 5.74) is 0. The first-order valence-electron chi connectivity index (χ1n) is 28.1. The lowest BCUT2D eigenvalue weighted by molar-refractivity contribution is -0.403. The zero-order valence-electron chi connectivity index (χ0n) is 48.1. The fourth-order valence-corrected chi connectivity index (χ4v) is 11.4. The van der Waals surface area contributed by atoms with Crippen molar-refractivity contribution in [2.24, 2.45) is 0 Å². The maximum absolute atomic E-state index is 12.8. The van der Waals surface area contributed by atoms with Crippen LogP contribution < -0.4 is 16.0 Å². The van der Waals surface area contributed by atoms with Gasteiger partial charge >= 0.3 is 10.4 Å². The van der Waals surface area contributed by atoms with E-state index in [1.807, 2.05) is 0 Å². The highest BCUT2D eigenvalue weighted by molar-refractivity contribution is 7.80. The SMILES string of the molecule is CC(=O)N[C@H]1[C@H](OC[C@H]2O[C@@H](O[C@H]3[C@@H](O)[C@@H](CO[C@@H]4O[C@H](COS(=O)(=O)O)[C@@H](O)[C@H](O)[C@H]4NC(C)=O)OC(O)[C@@H]3NC(C)=O)[C@H](O[C@@H]3O[C@@H](C)[C@@H](O)[C@@H](O)[C@@H]3O)[C@@H](O[C@@H]3O[C@H](CO)[C@H](O)[C@H](O)[C@H]3O)[C@H]2O)O[C@H](CO)[C@@H](O[C@@H]2O[C@H](CO)[C@H](O)[C@H](O)[C@H]2O)[C@@H]1O. The average molecular weight is 1340 g/mol. The van der Waals surface area contributed by atoms with Crippen LogP contribution in [0.1, 0.15) is 27.7 Å². The lowest BCUT2D eigenvalue weighted by Gasteiger charge is -2.51. The Balaban J connectivity index is 1.26. The molecule has 0 aromatic carbocycles. The van der Waals surface area contributed by atoms with Crippen LogP contribution in [-0.4, -0.2) is 377 Å². The summed E-state index contributed by atoms with van der Waals surface area (Å²) in [6.07, 6.45) is -64.6. The molecule has 0 aromatic rings. The van der Waals surface area contributed by atoms with E-state index >= 15 is 0 Å². The summed E-state index contributed by atoms with van der Waals surface area (Å²) < 4.78 is 113. The Hall–Kier alpha value is -2.96. The van der Waals surface area contributed by atoms with Gasteiger partial charge in [-0.25, -0.2) is 4.18 Å². The number of carbonyl (C=O) groups is 3. The first-order valence-corrected chi connectivity index (χ1v) is 29.5. The minimum Gasteiger partial charge on any atom is -0.394 e. The predicted octanol–water partition coefficient (Wildman–Crippen LogP) is -15.0. The lowest BCUT2D eigenvalue weighted by atomic mass is 9.94. The van der Waals surface area contributed by atoms with Crippen LogP contribution in [0.3, 0.4) is 0 Å². The van der Waals surface area contributed by atoms with E-state index in [9.17, 15) is 119 Å². The van der Waals surface area contributed by atoms with Gasteiger partial charge in [-0.15, -0.1) is 0 Å². The van der Waals surface area contributed by atoms with Gasteiger partial charge in [0, 0.05) is 20.8 Å². The summed E-state index contributed by atoms with van der Waals surface area (Å²) in [4.78, 5) is 37.9. The van der Waals surface area contributed by atoms with E-state index in [0.29, 0.717) is 0 Å². The third-order valence-corrected chi connectivity index (χ3v) is 16.3. The van der Waals surface area contributed by atoms with Crippen LogP contribution in [-0.2, 0) is 90.5 Å². The first-order chi connectivity index (χ1) is 42.2. The normalized spacial score (nSPS) is 47.9. The van der Waals surface area contributed by atoms with Crippen molar-refractivity contribution in [3.63, 3.8) is 0 Å². The van der Waals surface area contributed by atoms with Crippen LogP contribution in [0.15, 0.2) is 0 Å². The van der Waals surface area contributed by atoms with Crippen LogP contribution >= 0.6 is 0 Å². The molecular weight excluding hydrogens is 1260 g/mol. The van der Waals surface area contributed by atoms with Gasteiger partial charge < -0.3 is 169 Å². The lowest BCUT2D eigenvalue weighted by Crippen LogP contribution is -2.70. The van der Waals surface area contributed by atoms with Gasteiger partial charge in [0.1, 0.15) is 165 Å². The molecule has 522 valence electrons. The number of aliphatic hydroxyl groups excluding tert-OH is 18. The van der Waals surface area contributed by atoms with Gasteiger partial charge in [0.25, 0.3) is 0 Å². The van der Waals surface area contributed by atoms with Gasteiger partial charge in [0.05, 0.1) is 45.7 Å². The first kappa shape index (κ1) is 74.4. The highest BCUT2D eigenvalue weighted by atomic mass is 32.3. The highest BCUT2D eigenvalue weighted by Crippen LogP contribution is 2.38. The number of hydrogen-bond donors (Lipinski definition) is 22. The second kappa shape index (κ2) is 31.7. The summed E-state index contributed by atoms with van der Waals surface area (Å²) in [6, 6.07) is -5.42. The molecule has 7 rings (SSSR count). The zero-order chi connectivity index (χ0) is 66.7. The van der Waals surface area contributed by atoms with Crippen molar-refractivity contribution < 1.29 is 185 Å². The van der Waals surface area contributed by atoms with E-state index in [0.717, 1.165) is 20.8 Å². The van der Waals surface area contributed by atoms with Crippen LogP contribution in [0.25, 0.3) is 0 Å². The van der Waals surface area contributed by atoms with Crippen molar-refractivity contribution in [2.75, 3.05) is 39.6 Å². The van der Waals surface area contributed by atoms with Crippen molar-refractivity contribution in [3.05, 3.63) is 0 Å². The molecule has 0 radical (unpaired) electrons. The zero-order valence-corrected chi connectivity index (χ0v) is 48.9. The summed E-state index contributed by atoms with van der Waals surface area (Å²) in [5, 5.41) is 204. The topological polar surface area (TPSA) is 635 Å². The number of ether oxygens (including phenoxy) is 13. The minimum absolute atomic E-state index is 0.843. The number of nitrogens with one attached hydrogen (secondary N) is 3. The molecule has 42 heteroatoms. The van der Waals surface area contributed by atoms with Crippen molar-refractivity contribution in [1.29, 1.82) is 0 Å². The molecule has 7 fully saturated rings. The third kappa shape index (κ3) is 17.2. The molecule has 1 unspecified atom stereocenters. The average Bonchev–Trinajstić information content (AvgIpc) is 1.07. The fourth-order valence-electron chi connectivity index (χ4n) is 11.1. The number of aliphatic hydroxyl groups is 18. The Morgan fingerprint density at radius 3 is 1.22 bits per heavy atom. The second-order valence-electron chi connectivity index (χ2n) is 22.4. The number of rotatable bonds is 23. The smallest absolute Gasteiger partial charge is 0.394 e. The Bertz CT molecular complexity index is 2430. The Labute approximate surface area is 510 Å². The summed E-state index contributed by atoms with van der Waals surface area (Å²) >= 11 is 0. The molecule has 0 aliphatic carbocycles. The quantitative estimate of drug-likeness (QED) is 0.0422. The molecule has 3 amide bonds. The van der Waals surface area contributed by atoms with Crippen LogP contribution in [0.2, 0.25) is 0 Å². The maximum atomic E-state index is 12.8. The molecular formula is C48H81N3O38S. The van der Waals surface area contributed by atoms with E-state index in [4.69, 9.17) is 61.6 Å². The molecule has 90 heavy (non-hydrogen) atoms. The summed E-state index contributed by atoms with van der Waals surface area (Å²) in [5.74, 6) is -2.66. The summed E-state index contributed by atoms with van der Waals surface area (Å²) in [6.45, 7) is -2.09. The predicted molar refractivity (Wildman–Crippen MR) is 276 cm³/mol. The number of amides is 3. The van der Waals surface area contributed by atoms with E-state index in [1.54, 1.807) is 0 Å². The molecule has 7 saturated heterocycles. The van der Waals surface area contributed by atoms with E-state index < -0.39 is 283 Å². The minimum atomic E-state index is -5.18. The van der Waals surface area contributed by atoms with Gasteiger partial charge in [0.15, 0.2) is 44.0 Å². The third-order valence-electron chi connectivity index (χ3n) is 15.9. The molecule has 7 heterocycles. The maximum Gasteiger partial charge on any atom is 0.397 e. The molecule has 0 aromatic heterocycles. The van der Waals surface area contributed by atoms with Crippen molar-refractivity contribution in [2.45, 2.75) is 242 Å². The van der Waals surface area contributed by atoms with Gasteiger partial charge in [-0.3, -0.25) is 18.9 Å². The van der Waals surface area contributed by atoms with Crippen LogP contribution in [0.5, 0.6) is 0 Å². The molecule has 35 atom stereocenters. The van der Waals surface area contributed by atoms with E-state index in [1.165, 1.54) is 6.92 Å². The largest absolute Gasteiger partial charge is 0.397 e. The summed E-state index contributed by atoms with van der Waals surface area (Å²) in [7, 11) is -5.18. The molecule has 7 aliphatic heterocycles.